The molecule has 0 bridgehead atoms. The molecule has 0 radical (unpaired) electrons. The maximum atomic E-state index is 6.15. The fraction of sp³-hybridized carbons (Fsp3) is 0.667. The molecule has 2 atom stereocenters. The predicted molar refractivity (Wildman–Crippen MR) is 84.1 cm³/mol. The van der Waals surface area contributed by atoms with Crippen molar-refractivity contribution in [3.63, 3.8) is 0 Å². The van der Waals surface area contributed by atoms with Crippen LogP contribution in [0.2, 0.25) is 0 Å². The van der Waals surface area contributed by atoms with Crippen molar-refractivity contribution in [1.29, 1.82) is 0 Å². The summed E-state index contributed by atoms with van der Waals surface area (Å²) in [5.41, 5.74) is 8.39. The maximum Gasteiger partial charge on any atom is 0.244 e. The zero-order chi connectivity index (χ0) is 14.7. The van der Waals surface area contributed by atoms with Gasteiger partial charge in [0.1, 0.15) is 11.1 Å². The third kappa shape index (κ3) is 3.08. The number of aromatic nitrogens is 2. The van der Waals surface area contributed by atoms with Crippen molar-refractivity contribution in [3.05, 3.63) is 16.8 Å². The number of hydrogen-bond acceptors (Lipinski definition) is 4. The van der Waals surface area contributed by atoms with Gasteiger partial charge >= 0.3 is 0 Å². The minimum absolute atomic E-state index is 0.207. The Kier molecular flexibility index (Phi) is 4.91. The van der Waals surface area contributed by atoms with E-state index in [2.05, 4.69) is 17.1 Å². The molecular formula is C15H23N3OS. The van der Waals surface area contributed by atoms with Crippen LogP contribution in [0.3, 0.4) is 0 Å². The smallest absolute Gasteiger partial charge is 0.244 e. The van der Waals surface area contributed by atoms with E-state index >= 15 is 0 Å². The summed E-state index contributed by atoms with van der Waals surface area (Å²) in [5.74, 6) is 1.09. The van der Waals surface area contributed by atoms with Gasteiger partial charge in [0.25, 0.3) is 0 Å². The summed E-state index contributed by atoms with van der Waals surface area (Å²) in [5, 5.41) is 8.33. The van der Waals surface area contributed by atoms with Crippen molar-refractivity contribution in [2.75, 3.05) is 0 Å². The van der Waals surface area contributed by atoms with Crippen LogP contribution in [0.5, 0.6) is 5.88 Å². The Hall–Kier alpha value is -1.23. The quantitative estimate of drug-likeness (QED) is 0.864. The summed E-state index contributed by atoms with van der Waals surface area (Å²) in [6.45, 7) is 6.08. The van der Waals surface area contributed by atoms with Crippen molar-refractivity contribution in [1.82, 2.24) is 10.2 Å². The molecule has 1 fully saturated rings. The topological polar surface area (TPSA) is 61.0 Å². The van der Waals surface area contributed by atoms with Gasteiger partial charge in [-0.05, 0) is 51.0 Å². The molecule has 1 heterocycles. The highest BCUT2D eigenvalue weighted by Crippen LogP contribution is 2.31. The van der Waals surface area contributed by atoms with E-state index < -0.39 is 0 Å². The van der Waals surface area contributed by atoms with Crippen LogP contribution in [-0.4, -0.2) is 21.3 Å². The number of aryl methyl sites for hydroxylation is 1. The van der Waals surface area contributed by atoms with Crippen LogP contribution in [0.1, 0.15) is 55.8 Å². The van der Waals surface area contributed by atoms with Crippen molar-refractivity contribution in [2.24, 2.45) is 11.7 Å². The van der Waals surface area contributed by atoms with Gasteiger partial charge in [0.2, 0.25) is 5.88 Å². The van der Waals surface area contributed by atoms with Crippen LogP contribution in [0.25, 0.3) is 0 Å². The molecule has 20 heavy (non-hydrogen) atoms. The third-order valence-electron chi connectivity index (χ3n) is 4.30. The Morgan fingerprint density at radius 3 is 2.65 bits per heavy atom. The summed E-state index contributed by atoms with van der Waals surface area (Å²) in [7, 11) is 0. The molecule has 0 amide bonds. The molecule has 5 heteroatoms. The lowest BCUT2D eigenvalue weighted by Gasteiger charge is -2.31. The molecule has 1 aromatic rings. The van der Waals surface area contributed by atoms with E-state index in [1.54, 1.807) is 0 Å². The van der Waals surface area contributed by atoms with E-state index in [1.165, 1.54) is 19.3 Å². The van der Waals surface area contributed by atoms with Gasteiger partial charge in [0.05, 0.1) is 11.3 Å². The van der Waals surface area contributed by atoms with Crippen molar-refractivity contribution >= 4 is 17.2 Å². The molecule has 1 aromatic heterocycles. The first-order chi connectivity index (χ1) is 9.54. The molecule has 2 rings (SSSR count). The van der Waals surface area contributed by atoms with Gasteiger partial charge in [-0.15, -0.1) is 5.10 Å². The predicted octanol–water partition coefficient (Wildman–Crippen LogP) is 3.08. The van der Waals surface area contributed by atoms with Crippen LogP contribution in [0.4, 0.5) is 0 Å². The standard InChI is InChI=1S/C15H23N3OS/c1-4-11-7-5-6-8-12(11)19-15-13(14(16)20)9(2)10(3)17-18-15/h11-12H,4-8H2,1-3H3,(H2,16,20). The zero-order valence-corrected chi connectivity index (χ0v) is 13.3. The number of nitrogens with zero attached hydrogens (tertiary/aromatic N) is 2. The number of nitrogens with two attached hydrogens (primary N) is 1. The van der Waals surface area contributed by atoms with E-state index in [0.717, 1.165) is 29.7 Å². The highest BCUT2D eigenvalue weighted by molar-refractivity contribution is 7.80. The van der Waals surface area contributed by atoms with Gasteiger partial charge in [0.15, 0.2) is 0 Å². The minimum Gasteiger partial charge on any atom is -0.472 e. The first-order valence-corrected chi connectivity index (χ1v) is 7.75. The van der Waals surface area contributed by atoms with E-state index in [0.29, 0.717) is 16.8 Å². The molecular weight excluding hydrogens is 270 g/mol. The number of thiocarbonyl (C=S) groups is 1. The Balaban J connectivity index is 2.28. The SMILES string of the molecule is CCC1CCCCC1Oc1nnc(C)c(C)c1C(N)=S. The fourth-order valence-corrected chi connectivity index (χ4v) is 3.14. The van der Waals surface area contributed by atoms with E-state index in [4.69, 9.17) is 22.7 Å². The van der Waals surface area contributed by atoms with Gasteiger partial charge in [-0.1, -0.05) is 25.6 Å². The largest absolute Gasteiger partial charge is 0.472 e. The first kappa shape index (κ1) is 15.2. The highest BCUT2D eigenvalue weighted by atomic mass is 32.1. The van der Waals surface area contributed by atoms with Crippen LogP contribution >= 0.6 is 12.2 Å². The Morgan fingerprint density at radius 2 is 2.00 bits per heavy atom. The highest BCUT2D eigenvalue weighted by Gasteiger charge is 2.27. The molecule has 2 unspecified atom stereocenters. The van der Waals surface area contributed by atoms with Gasteiger partial charge < -0.3 is 10.5 Å². The molecule has 0 spiro atoms. The summed E-state index contributed by atoms with van der Waals surface area (Å²) in [6, 6.07) is 0. The molecule has 110 valence electrons. The molecule has 1 aliphatic carbocycles. The third-order valence-corrected chi connectivity index (χ3v) is 4.50. The number of rotatable bonds is 4. The lowest BCUT2D eigenvalue weighted by molar-refractivity contribution is 0.0845. The molecule has 2 N–H and O–H groups in total. The monoisotopic (exact) mass is 293 g/mol. The van der Waals surface area contributed by atoms with Crippen molar-refractivity contribution < 1.29 is 4.74 Å². The van der Waals surface area contributed by atoms with Crippen molar-refractivity contribution in [2.45, 2.75) is 59.0 Å². The Morgan fingerprint density at radius 1 is 1.30 bits per heavy atom. The van der Waals surface area contributed by atoms with Gasteiger partial charge in [0, 0.05) is 0 Å². The van der Waals surface area contributed by atoms with Crippen LogP contribution < -0.4 is 10.5 Å². The summed E-state index contributed by atoms with van der Waals surface area (Å²) in [4.78, 5) is 0.333. The average molecular weight is 293 g/mol. The van der Waals surface area contributed by atoms with Crippen LogP contribution in [-0.2, 0) is 0 Å². The van der Waals surface area contributed by atoms with Gasteiger partial charge in [-0.25, -0.2) is 0 Å². The molecule has 0 aliphatic heterocycles. The van der Waals surface area contributed by atoms with Crippen molar-refractivity contribution in [3.8, 4) is 5.88 Å². The minimum atomic E-state index is 0.207. The lowest BCUT2D eigenvalue weighted by Crippen LogP contribution is -2.31. The number of hydrogen-bond donors (Lipinski definition) is 1. The maximum absolute atomic E-state index is 6.15. The molecule has 4 nitrogen and oxygen atoms in total. The molecule has 1 aliphatic rings. The van der Waals surface area contributed by atoms with Gasteiger partial charge in [-0.3, -0.25) is 0 Å². The van der Waals surface area contributed by atoms with Crippen LogP contribution in [0.15, 0.2) is 0 Å². The lowest BCUT2D eigenvalue weighted by atomic mass is 9.85. The summed E-state index contributed by atoms with van der Waals surface area (Å²) >= 11 is 5.15. The summed E-state index contributed by atoms with van der Waals surface area (Å²) < 4.78 is 6.15. The molecule has 0 saturated heterocycles. The molecule has 0 aromatic carbocycles. The second-order valence-electron chi connectivity index (χ2n) is 5.56. The Labute approximate surface area is 126 Å². The van der Waals surface area contributed by atoms with Crippen LogP contribution in [0, 0.1) is 19.8 Å². The fourth-order valence-electron chi connectivity index (χ4n) is 2.90. The second-order valence-corrected chi connectivity index (χ2v) is 6.00. The molecule has 1 saturated carbocycles. The first-order valence-electron chi connectivity index (χ1n) is 7.35. The number of ether oxygens (including phenoxy) is 1. The van der Waals surface area contributed by atoms with E-state index in [-0.39, 0.29) is 6.10 Å². The normalized spacial score (nSPS) is 22.6. The van der Waals surface area contributed by atoms with Gasteiger partial charge in [-0.2, -0.15) is 5.10 Å². The van der Waals surface area contributed by atoms with E-state index in [9.17, 15) is 0 Å². The zero-order valence-electron chi connectivity index (χ0n) is 12.5. The summed E-state index contributed by atoms with van der Waals surface area (Å²) in [6.07, 6.45) is 6.14. The van der Waals surface area contributed by atoms with E-state index in [1.807, 2.05) is 13.8 Å². The second kappa shape index (κ2) is 6.48. The average Bonchev–Trinajstić information content (AvgIpc) is 2.43. The Bertz CT molecular complexity index is 504.